The van der Waals surface area contributed by atoms with Crippen LogP contribution in [0.1, 0.15) is 21.5 Å². The molecule has 20 heavy (non-hydrogen) atoms. The average Bonchev–Trinajstić information content (AvgIpc) is 2.45. The lowest BCUT2D eigenvalue weighted by Gasteiger charge is -1.98. The lowest BCUT2D eigenvalue weighted by molar-refractivity contribution is -0.721. The summed E-state index contributed by atoms with van der Waals surface area (Å²) in [4.78, 5) is 16.5. The van der Waals surface area contributed by atoms with Crippen LogP contribution in [0, 0.1) is 12.7 Å². The minimum absolute atomic E-state index is 0.106. The highest BCUT2D eigenvalue weighted by Crippen LogP contribution is 2.03. The second-order valence-electron chi connectivity index (χ2n) is 4.28. The van der Waals surface area contributed by atoms with Gasteiger partial charge in [-0.05, 0) is 37.3 Å². The van der Waals surface area contributed by atoms with Gasteiger partial charge in [-0.2, -0.15) is 0 Å². The van der Waals surface area contributed by atoms with E-state index in [9.17, 15) is 9.18 Å². The van der Waals surface area contributed by atoms with E-state index in [1.807, 2.05) is 19.1 Å². The quantitative estimate of drug-likeness (QED) is 0.374. The zero-order valence-electron chi connectivity index (χ0n) is 10.9. The van der Waals surface area contributed by atoms with Crippen LogP contribution in [0.15, 0.2) is 48.5 Å². The van der Waals surface area contributed by atoms with Crippen molar-refractivity contribution in [1.82, 2.24) is 0 Å². The molecule has 0 aliphatic carbocycles. The Hall–Kier alpha value is -2.69. The Bertz CT molecular complexity index is 651. The highest BCUT2D eigenvalue weighted by molar-refractivity contribution is 5.93. The number of halogens is 1. The number of carbonyl (C=O) groups is 1. The molecule has 0 unspecified atom stereocenters. The summed E-state index contributed by atoms with van der Waals surface area (Å²) in [6, 6.07) is 12.6. The zero-order valence-corrected chi connectivity index (χ0v) is 10.9. The van der Waals surface area contributed by atoms with Gasteiger partial charge in [0.15, 0.2) is 0 Å². The maximum Gasteiger partial charge on any atom is 0.388 e. The highest BCUT2D eigenvalue weighted by Gasteiger charge is 2.11. The molecule has 0 spiro atoms. The molecule has 3 N–H and O–H groups in total. The molecule has 2 aromatic carbocycles. The van der Waals surface area contributed by atoms with Gasteiger partial charge in [0.25, 0.3) is 0 Å². The van der Waals surface area contributed by atoms with Gasteiger partial charge in [-0.3, -0.25) is 10.6 Å². The molecule has 2 rings (SSSR count). The van der Waals surface area contributed by atoms with Crippen molar-refractivity contribution in [2.24, 2.45) is 5.73 Å². The Morgan fingerprint density at radius 3 is 2.50 bits per heavy atom. The molecule has 2 aromatic rings. The van der Waals surface area contributed by atoms with Gasteiger partial charge in [-0.15, -0.1) is 0 Å². The normalized spacial score (nSPS) is 11.2. The van der Waals surface area contributed by atoms with Crippen LogP contribution in [0.5, 0.6) is 0 Å². The van der Waals surface area contributed by atoms with E-state index in [1.165, 1.54) is 18.2 Å². The molecule has 102 valence electrons. The average molecular weight is 273 g/mol. The monoisotopic (exact) mass is 273 g/mol. The molecule has 0 atom stereocenters. The van der Waals surface area contributed by atoms with E-state index in [2.05, 4.69) is 5.16 Å². The highest BCUT2D eigenvalue weighted by atomic mass is 19.1. The molecule has 5 heteroatoms. The molecular formula is C15H14FN2O2+. The summed E-state index contributed by atoms with van der Waals surface area (Å²) < 4.78 is 13.0. The van der Waals surface area contributed by atoms with Crippen molar-refractivity contribution in [3.63, 3.8) is 0 Å². The van der Waals surface area contributed by atoms with Crippen molar-refractivity contribution < 1.29 is 19.2 Å². The SMILES string of the molecule is Cc1ccc(C(N)=[NH+]OC(=O)c2cccc(F)c2)cc1. The Balaban J connectivity index is 2.08. The maximum absolute atomic E-state index is 13.0. The number of carbonyl (C=O) groups excluding carboxylic acids is 1. The van der Waals surface area contributed by atoms with E-state index in [0.29, 0.717) is 5.56 Å². The van der Waals surface area contributed by atoms with Crippen LogP contribution in [-0.4, -0.2) is 11.8 Å². The Morgan fingerprint density at radius 1 is 1.15 bits per heavy atom. The number of hydrogen-bond acceptors (Lipinski definition) is 2. The van der Waals surface area contributed by atoms with Crippen molar-refractivity contribution in [3.05, 3.63) is 71.0 Å². The minimum Gasteiger partial charge on any atom is -0.284 e. The molecule has 4 nitrogen and oxygen atoms in total. The molecule has 0 aliphatic rings. The molecule has 0 saturated carbocycles. The predicted octanol–water partition coefficient (Wildman–Crippen LogP) is 0.692. The van der Waals surface area contributed by atoms with Crippen LogP contribution in [0.3, 0.4) is 0 Å². The largest absolute Gasteiger partial charge is 0.388 e. The number of nitrogens with two attached hydrogens (primary N) is 1. The van der Waals surface area contributed by atoms with Gasteiger partial charge in [0.05, 0.1) is 11.1 Å². The summed E-state index contributed by atoms with van der Waals surface area (Å²) in [5, 5.41) is 2.36. The predicted molar refractivity (Wildman–Crippen MR) is 72.3 cm³/mol. The van der Waals surface area contributed by atoms with Gasteiger partial charge in [-0.25, -0.2) is 9.18 Å². The number of nitrogen functional groups attached to an aromatic ring is 1. The van der Waals surface area contributed by atoms with Gasteiger partial charge in [0, 0.05) is 0 Å². The van der Waals surface area contributed by atoms with Crippen LogP contribution < -0.4 is 10.9 Å². The molecule has 0 aromatic heterocycles. The van der Waals surface area contributed by atoms with Crippen molar-refractivity contribution >= 4 is 11.8 Å². The summed E-state index contributed by atoms with van der Waals surface area (Å²) in [6.45, 7) is 1.96. The molecule has 0 radical (unpaired) electrons. The van der Waals surface area contributed by atoms with Crippen molar-refractivity contribution in [2.45, 2.75) is 6.92 Å². The van der Waals surface area contributed by atoms with E-state index < -0.39 is 11.8 Å². The first kappa shape index (κ1) is 13.7. The van der Waals surface area contributed by atoms with E-state index in [4.69, 9.17) is 10.6 Å². The fraction of sp³-hybridized carbons (Fsp3) is 0.0667. The summed E-state index contributed by atoms with van der Waals surface area (Å²) in [7, 11) is 0. The zero-order chi connectivity index (χ0) is 14.5. The van der Waals surface area contributed by atoms with Gasteiger partial charge in [-0.1, -0.05) is 28.9 Å². The van der Waals surface area contributed by atoms with E-state index >= 15 is 0 Å². The Labute approximate surface area is 115 Å². The van der Waals surface area contributed by atoms with Gasteiger partial charge in [0.1, 0.15) is 5.82 Å². The molecule has 0 fully saturated rings. The second kappa shape index (κ2) is 5.97. The van der Waals surface area contributed by atoms with Gasteiger partial charge in [0.2, 0.25) is 0 Å². The van der Waals surface area contributed by atoms with E-state index in [1.54, 1.807) is 12.1 Å². The Kier molecular flexibility index (Phi) is 4.10. The Morgan fingerprint density at radius 2 is 1.85 bits per heavy atom. The molecule has 0 amide bonds. The molecule has 0 saturated heterocycles. The van der Waals surface area contributed by atoms with Crippen molar-refractivity contribution in [3.8, 4) is 0 Å². The standard InChI is InChI=1S/C15H13FN2O2/c1-10-5-7-11(8-6-10)14(17)18-20-15(19)12-3-2-4-13(16)9-12/h2-9H,1H3,(H2,17,18)/p+1. The summed E-state index contributed by atoms with van der Waals surface area (Å²) in [5.41, 5.74) is 7.65. The van der Waals surface area contributed by atoms with Crippen LogP contribution in [-0.2, 0) is 4.84 Å². The van der Waals surface area contributed by atoms with E-state index in [-0.39, 0.29) is 11.4 Å². The van der Waals surface area contributed by atoms with Gasteiger partial charge >= 0.3 is 11.8 Å². The summed E-state index contributed by atoms with van der Waals surface area (Å²) in [5.74, 6) is -1.01. The second-order valence-corrected chi connectivity index (χ2v) is 4.28. The first-order valence-corrected chi connectivity index (χ1v) is 5.98. The van der Waals surface area contributed by atoms with Crippen LogP contribution in [0.2, 0.25) is 0 Å². The van der Waals surface area contributed by atoms with Crippen molar-refractivity contribution in [1.29, 1.82) is 0 Å². The first-order valence-electron chi connectivity index (χ1n) is 5.98. The minimum atomic E-state index is -0.709. The number of hydrogen-bond donors (Lipinski definition) is 2. The summed E-state index contributed by atoms with van der Waals surface area (Å²) in [6.07, 6.45) is 0. The smallest absolute Gasteiger partial charge is 0.284 e. The molecule has 0 aliphatic heterocycles. The maximum atomic E-state index is 13.0. The van der Waals surface area contributed by atoms with Crippen LogP contribution >= 0.6 is 0 Å². The third kappa shape index (κ3) is 3.41. The first-order chi connectivity index (χ1) is 9.56. The number of rotatable bonds is 3. The summed E-state index contributed by atoms with van der Waals surface area (Å²) >= 11 is 0. The lowest BCUT2D eigenvalue weighted by atomic mass is 10.1. The fourth-order valence-electron chi connectivity index (χ4n) is 1.57. The lowest BCUT2D eigenvalue weighted by Crippen LogP contribution is -2.75. The third-order valence-electron chi connectivity index (χ3n) is 2.68. The number of amidine groups is 1. The molecular weight excluding hydrogens is 259 g/mol. The number of nitrogens with one attached hydrogen (secondary N) is 1. The van der Waals surface area contributed by atoms with Crippen molar-refractivity contribution in [2.75, 3.05) is 0 Å². The number of aryl methyl sites for hydroxylation is 1. The van der Waals surface area contributed by atoms with Crippen LogP contribution in [0.25, 0.3) is 0 Å². The molecule has 0 bridgehead atoms. The fourth-order valence-corrected chi connectivity index (χ4v) is 1.57. The molecule has 0 heterocycles. The third-order valence-corrected chi connectivity index (χ3v) is 2.68. The van der Waals surface area contributed by atoms with Crippen LogP contribution in [0.4, 0.5) is 4.39 Å². The number of benzene rings is 2. The van der Waals surface area contributed by atoms with Gasteiger partial charge < -0.3 is 0 Å². The van der Waals surface area contributed by atoms with E-state index in [0.717, 1.165) is 11.6 Å². The topological polar surface area (TPSA) is 66.3 Å².